The number of aryl methyl sites for hydroxylation is 3. The van der Waals surface area contributed by atoms with E-state index in [0.29, 0.717) is 0 Å². The van der Waals surface area contributed by atoms with Crippen LogP contribution in [0.3, 0.4) is 0 Å². The van der Waals surface area contributed by atoms with Crippen LogP contribution in [0.5, 0.6) is 0 Å². The smallest absolute Gasteiger partial charge is 0.106 e. The van der Waals surface area contributed by atoms with E-state index in [9.17, 15) is 0 Å². The monoisotopic (exact) mass is 238 g/mol. The molecule has 2 nitrogen and oxygen atoms in total. The second-order valence-electron chi connectivity index (χ2n) is 3.31. The first kappa shape index (κ1) is 8.75. The number of aromatic nitrogens is 2. The summed E-state index contributed by atoms with van der Waals surface area (Å²) in [5, 5.41) is 0. The molecule has 0 fully saturated rings. The Kier molecular flexibility index (Phi) is 1.91. The lowest BCUT2D eigenvalue weighted by Crippen LogP contribution is -1.91. The number of fused-ring (bicyclic) bond motifs is 1. The van der Waals surface area contributed by atoms with Crippen molar-refractivity contribution in [2.45, 2.75) is 13.8 Å². The maximum Gasteiger partial charge on any atom is 0.106 e. The van der Waals surface area contributed by atoms with E-state index in [2.05, 4.69) is 44.5 Å². The van der Waals surface area contributed by atoms with E-state index in [4.69, 9.17) is 0 Å². The standard InChI is InChI=1S/C10H11BrN2/c1-6-4-8(11)5-9-10(6)13(3)7(2)12-9/h4-5H,1-3H3. The minimum Gasteiger partial charge on any atom is -0.331 e. The Bertz CT molecular complexity index is 471. The van der Waals surface area contributed by atoms with Crippen LogP contribution in [0.2, 0.25) is 0 Å². The maximum absolute atomic E-state index is 4.47. The minimum atomic E-state index is 1.05. The molecule has 0 bridgehead atoms. The predicted molar refractivity (Wildman–Crippen MR) is 57.9 cm³/mol. The topological polar surface area (TPSA) is 17.8 Å². The van der Waals surface area contributed by atoms with Crippen LogP contribution in [-0.2, 0) is 7.05 Å². The Morgan fingerprint density at radius 2 is 2.00 bits per heavy atom. The zero-order valence-electron chi connectivity index (χ0n) is 7.93. The summed E-state index contributed by atoms with van der Waals surface area (Å²) in [5.41, 5.74) is 3.54. The summed E-state index contributed by atoms with van der Waals surface area (Å²) in [7, 11) is 2.05. The summed E-state index contributed by atoms with van der Waals surface area (Å²) >= 11 is 3.47. The van der Waals surface area contributed by atoms with Crippen LogP contribution < -0.4 is 0 Å². The molecule has 2 aromatic rings. The summed E-state index contributed by atoms with van der Waals surface area (Å²) in [6.07, 6.45) is 0. The van der Waals surface area contributed by atoms with Crippen LogP contribution >= 0.6 is 15.9 Å². The zero-order chi connectivity index (χ0) is 9.59. The van der Waals surface area contributed by atoms with Gasteiger partial charge in [-0.05, 0) is 31.5 Å². The molecule has 0 aliphatic carbocycles. The third-order valence-electron chi connectivity index (χ3n) is 2.35. The summed E-state index contributed by atoms with van der Waals surface area (Å²) in [6.45, 7) is 4.13. The van der Waals surface area contributed by atoms with Crippen molar-refractivity contribution >= 4 is 27.0 Å². The molecule has 1 aromatic carbocycles. The van der Waals surface area contributed by atoms with Gasteiger partial charge >= 0.3 is 0 Å². The van der Waals surface area contributed by atoms with Crippen LogP contribution in [0.4, 0.5) is 0 Å². The number of halogens is 1. The normalized spacial score (nSPS) is 11.1. The Morgan fingerprint density at radius 1 is 1.31 bits per heavy atom. The molecule has 1 aromatic heterocycles. The molecular formula is C10H11BrN2. The number of benzene rings is 1. The molecule has 13 heavy (non-hydrogen) atoms. The Morgan fingerprint density at radius 3 is 2.69 bits per heavy atom. The summed E-state index contributed by atoms with van der Waals surface area (Å²) in [5.74, 6) is 1.05. The van der Waals surface area contributed by atoms with Gasteiger partial charge in [-0.3, -0.25) is 0 Å². The summed E-state index contributed by atoms with van der Waals surface area (Å²) in [6, 6.07) is 4.17. The molecule has 3 heteroatoms. The van der Waals surface area contributed by atoms with Gasteiger partial charge in [0.05, 0.1) is 11.0 Å². The van der Waals surface area contributed by atoms with E-state index in [1.165, 1.54) is 11.1 Å². The van der Waals surface area contributed by atoms with Crippen LogP contribution in [0.25, 0.3) is 11.0 Å². The lowest BCUT2D eigenvalue weighted by Gasteiger charge is -2.00. The third-order valence-corrected chi connectivity index (χ3v) is 2.81. The van der Waals surface area contributed by atoms with Crippen molar-refractivity contribution in [3.63, 3.8) is 0 Å². The fourth-order valence-electron chi connectivity index (χ4n) is 1.65. The van der Waals surface area contributed by atoms with Crippen LogP contribution in [0.15, 0.2) is 16.6 Å². The molecule has 1 heterocycles. The summed E-state index contributed by atoms with van der Waals surface area (Å²) in [4.78, 5) is 4.47. The summed E-state index contributed by atoms with van der Waals surface area (Å²) < 4.78 is 3.22. The first-order chi connectivity index (χ1) is 6.09. The van der Waals surface area contributed by atoms with Crippen LogP contribution in [0.1, 0.15) is 11.4 Å². The molecule has 0 amide bonds. The van der Waals surface area contributed by atoms with Gasteiger partial charge in [-0.25, -0.2) is 4.98 Å². The molecule has 0 unspecified atom stereocenters. The number of rotatable bonds is 0. The number of hydrogen-bond donors (Lipinski definition) is 0. The van der Waals surface area contributed by atoms with Crippen molar-refractivity contribution in [1.82, 2.24) is 9.55 Å². The zero-order valence-corrected chi connectivity index (χ0v) is 9.51. The van der Waals surface area contributed by atoms with E-state index in [0.717, 1.165) is 15.8 Å². The van der Waals surface area contributed by atoms with Gasteiger partial charge in [0.25, 0.3) is 0 Å². The van der Waals surface area contributed by atoms with E-state index < -0.39 is 0 Å². The van der Waals surface area contributed by atoms with E-state index >= 15 is 0 Å². The average Bonchev–Trinajstić information content (AvgIpc) is 2.27. The van der Waals surface area contributed by atoms with E-state index in [1.54, 1.807) is 0 Å². The van der Waals surface area contributed by atoms with Gasteiger partial charge in [-0.2, -0.15) is 0 Å². The van der Waals surface area contributed by atoms with Gasteiger partial charge in [0.2, 0.25) is 0 Å². The fourth-order valence-corrected chi connectivity index (χ4v) is 2.21. The molecule has 68 valence electrons. The number of hydrogen-bond acceptors (Lipinski definition) is 1. The van der Waals surface area contributed by atoms with Gasteiger partial charge in [-0.15, -0.1) is 0 Å². The Balaban J connectivity index is 2.94. The lowest BCUT2D eigenvalue weighted by atomic mass is 10.2. The van der Waals surface area contributed by atoms with Gasteiger partial charge in [0.1, 0.15) is 5.82 Å². The maximum atomic E-state index is 4.47. The molecule has 0 aliphatic rings. The quantitative estimate of drug-likeness (QED) is 0.691. The van der Waals surface area contributed by atoms with Gasteiger partial charge in [0.15, 0.2) is 0 Å². The highest BCUT2D eigenvalue weighted by atomic mass is 79.9. The second-order valence-corrected chi connectivity index (χ2v) is 4.22. The number of imidazole rings is 1. The first-order valence-corrected chi connectivity index (χ1v) is 4.98. The van der Waals surface area contributed by atoms with Gasteiger partial charge < -0.3 is 4.57 Å². The minimum absolute atomic E-state index is 1.05. The molecule has 0 atom stereocenters. The molecule has 0 aliphatic heterocycles. The molecule has 2 rings (SSSR count). The largest absolute Gasteiger partial charge is 0.331 e. The average molecular weight is 239 g/mol. The Labute approximate surface area is 85.7 Å². The van der Waals surface area contributed by atoms with Gasteiger partial charge in [-0.1, -0.05) is 15.9 Å². The lowest BCUT2D eigenvalue weighted by molar-refractivity contribution is 0.883. The fraction of sp³-hybridized carbons (Fsp3) is 0.300. The van der Waals surface area contributed by atoms with Crippen LogP contribution in [0, 0.1) is 13.8 Å². The molecular weight excluding hydrogens is 228 g/mol. The molecule has 0 saturated carbocycles. The van der Waals surface area contributed by atoms with Crippen molar-refractivity contribution in [3.05, 3.63) is 28.0 Å². The molecule has 0 spiro atoms. The second kappa shape index (κ2) is 2.84. The first-order valence-electron chi connectivity index (χ1n) is 4.19. The molecule has 0 radical (unpaired) electrons. The highest BCUT2D eigenvalue weighted by molar-refractivity contribution is 9.10. The third kappa shape index (κ3) is 1.27. The van der Waals surface area contributed by atoms with Crippen molar-refractivity contribution in [3.8, 4) is 0 Å². The Hall–Kier alpha value is -0.830. The SMILES string of the molecule is Cc1cc(Br)cc2nc(C)n(C)c12. The van der Waals surface area contributed by atoms with Crippen molar-refractivity contribution in [2.24, 2.45) is 7.05 Å². The van der Waals surface area contributed by atoms with Crippen molar-refractivity contribution < 1.29 is 0 Å². The van der Waals surface area contributed by atoms with E-state index in [1.807, 2.05) is 14.0 Å². The highest BCUT2D eigenvalue weighted by Crippen LogP contribution is 2.23. The predicted octanol–water partition coefficient (Wildman–Crippen LogP) is 2.95. The highest BCUT2D eigenvalue weighted by Gasteiger charge is 2.06. The van der Waals surface area contributed by atoms with Crippen molar-refractivity contribution in [2.75, 3.05) is 0 Å². The van der Waals surface area contributed by atoms with E-state index in [-0.39, 0.29) is 0 Å². The van der Waals surface area contributed by atoms with Crippen molar-refractivity contribution in [1.29, 1.82) is 0 Å². The molecule has 0 saturated heterocycles. The van der Waals surface area contributed by atoms with Crippen LogP contribution in [-0.4, -0.2) is 9.55 Å². The molecule has 0 N–H and O–H groups in total. The number of nitrogens with zero attached hydrogens (tertiary/aromatic N) is 2. The van der Waals surface area contributed by atoms with Gasteiger partial charge in [0, 0.05) is 11.5 Å².